The van der Waals surface area contributed by atoms with Gasteiger partial charge in [-0.2, -0.15) is 10.5 Å². The van der Waals surface area contributed by atoms with Crippen LogP contribution in [0.15, 0.2) is 0 Å². The van der Waals surface area contributed by atoms with Crippen LogP contribution >= 0.6 is 11.6 Å². The lowest BCUT2D eigenvalue weighted by molar-refractivity contribution is 0.198. The Balaban J connectivity index is 0. The molecular formula is C4H3ClN2O2. The van der Waals surface area contributed by atoms with Crippen LogP contribution in [-0.2, 0) is 4.74 Å². The van der Waals surface area contributed by atoms with E-state index in [4.69, 9.17) is 10.5 Å². The minimum atomic E-state index is -0.773. The first-order valence-corrected chi connectivity index (χ1v) is 2.08. The zero-order chi connectivity index (χ0) is 7.70. The zero-order valence-corrected chi connectivity index (χ0v) is 5.34. The van der Waals surface area contributed by atoms with Gasteiger partial charge in [-0.05, 0) is 0 Å². The molecular weight excluding hydrogens is 144 g/mol. The van der Waals surface area contributed by atoms with E-state index in [1.54, 1.807) is 0 Å². The van der Waals surface area contributed by atoms with Gasteiger partial charge in [-0.3, -0.25) is 0 Å². The Morgan fingerprint density at radius 3 is 1.78 bits per heavy atom. The molecule has 0 saturated heterocycles. The van der Waals surface area contributed by atoms with Crippen LogP contribution in [0.3, 0.4) is 0 Å². The lowest BCUT2D eigenvalue weighted by Gasteiger charge is -1.77. The first-order valence-electron chi connectivity index (χ1n) is 1.70. The predicted molar refractivity (Wildman–Crippen MR) is 29.5 cm³/mol. The van der Waals surface area contributed by atoms with Crippen molar-refractivity contribution >= 4 is 17.0 Å². The Kier molecular flexibility index (Phi) is 11.7. The maximum Gasteiger partial charge on any atom is 0.403 e. The van der Waals surface area contributed by atoms with Crippen molar-refractivity contribution in [3.8, 4) is 12.1 Å². The molecule has 0 fully saturated rings. The largest absolute Gasteiger partial charge is 0.457 e. The van der Waals surface area contributed by atoms with E-state index in [0.29, 0.717) is 0 Å². The van der Waals surface area contributed by atoms with Crippen molar-refractivity contribution in [2.24, 2.45) is 0 Å². The topological polar surface area (TPSA) is 73.9 Å². The summed E-state index contributed by atoms with van der Waals surface area (Å²) in [5, 5.41) is 14.5. The van der Waals surface area contributed by atoms with Crippen LogP contribution in [0.5, 0.6) is 0 Å². The number of carbonyl (C=O) groups is 1. The zero-order valence-electron chi connectivity index (χ0n) is 4.59. The first-order chi connectivity index (χ1) is 4.18. The normalized spacial score (nSPS) is 4.89. The van der Waals surface area contributed by atoms with E-state index in [9.17, 15) is 4.79 Å². The maximum absolute atomic E-state index is 9.36. The molecule has 0 unspecified atom stereocenters. The van der Waals surface area contributed by atoms with Crippen LogP contribution in [-0.4, -0.2) is 12.5 Å². The number of halogens is 1. The quantitative estimate of drug-likeness (QED) is 0.479. The van der Waals surface area contributed by atoms with Gasteiger partial charge in [0.15, 0.2) is 12.1 Å². The van der Waals surface area contributed by atoms with Gasteiger partial charge in [-0.15, -0.1) is 0 Å². The van der Waals surface area contributed by atoms with Gasteiger partial charge < -0.3 is 4.74 Å². The van der Waals surface area contributed by atoms with Crippen molar-refractivity contribution in [2.75, 3.05) is 7.11 Å². The highest BCUT2D eigenvalue weighted by Gasteiger charge is 1.80. The fraction of sp³-hybridized carbons (Fsp3) is 0.250. The third-order valence-electron chi connectivity index (χ3n) is 0.210. The highest BCUT2D eigenvalue weighted by molar-refractivity contribution is 6.61. The van der Waals surface area contributed by atoms with E-state index in [-0.39, 0.29) is 0 Å². The molecule has 0 heterocycles. The predicted octanol–water partition coefficient (Wildman–Crippen LogP) is 1.03. The van der Waals surface area contributed by atoms with Crippen LogP contribution in [0.1, 0.15) is 0 Å². The number of rotatable bonds is 0. The molecule has 0 aromatic rings. The van der Waals surface area contributed by atoms with Gasteiger partial charge in [-0.25, -0.2) is 4.79 Å². The molecule has 0 aromatic carbocycles. The van der Waals surface area contributed by atoms with Crippen molar-refractivity contribution in [1.82, 2.24) is 0 Å². The number of methoxy groups -OCH3 is 1. The van der Waals surface area contributed by atoms with E-state index in [2.05, 4.69) is 16.3 Å². The molecule has 0 atom stereocenters. The van der Waals surface area contributed by atoms with E-state index < -0.39 is 5.43 Å². The smallest absolute Gasteiger partial charge is 0.403 e. The van der Waals surface area contributed by atoms with Crippen molar-refractivity contribution < 1.29 is 9.53 Å². The van der Waals surface area contributed by atoms with Crippen molar-refractivity contribution in [3.05, 3.63) is 0 Å². The molecule has 5 heteroatoms. The number of ether oxygens (including phenoxy) is 1. The second kappa shape index (κ2) is 9.88. The van der Waals surface area contributed by atoms with E-state index in [0.717, 1.165) is 0 Å². The van der Waals surface area contributed by atoms with Crippen LogP contribution < -0.4 is 0 Å². The SMILES string of the molecule is COC(=O)Cl.N#CC#N. The molecule has 0 amide bonds. The van der Waals surface area contributed by atoms with Crippen molar-refractivity contribution in [2.45, 2.75) is 0 Å². The summed E-state index contributed by atoms with van der Waals surface area (Å²) in [5.74, 6) is 0. The molecule has 0 radical (unpaired) electrons. The average molecular weight is 147 g/mol. The van der Waals surface area contributed by atoms with Crippen molar-refractivity contribution in [1.29, 1.82) is 10.5 Å². The van der Waals surface area contributed by atoms with Gasteiger partial charge in [0.25, 0.3) is 0 Å². The molecule has 4 nitrogen and oxygen atoms in total. The number of carbonyl (C=O) groups excluding carboxylic acids is 1. The molecule has 0 N–H and O–H groups in total. The minimum absolute atomic E-state index is 0.773. The van der Waals surface area contributed by atoms with E-state index in [1.165, 1.54) is 19.2 Å². The fourth-order valence-electron chi connectivity index (χ4n) is 0. The highest BCUT2D eigenvalue weighted by Crippen LogP contribution is 1.78. The summed E-state index contributed by atoms with van der Waals surface area (Å²) < 4.78 is 3.88. The summed E-state index contributed by atoms with van der Waals surface area (Å²) in [4.78, 5) is 9.36. The second-order valence-corrected chi connectivity index (χ2v) is 0.974. The van der Waals surface area contributed by atoms with E-state index in [1.807, 2.05) is 0 Å². The van der Waals surface area contributed by atoms with Crippen LogP contribution in [0, 0.1) is 22.7 Å². The number of hydrogen-bond acceptors (Lipinski definition) is 4. The minimum Gasteiger partial charge on any atom is -0.457 e. The molecule has 48 valence electrons. The van der Waals surface area contributed by atoms with Gasteiger partial charge in [0, 0.05) is 11.6 Å². The van der Waals surface area contributed by atoms with E-state index >= 15 is 0 Å². The monoisotopic (exact) mass is 146 g/mol. The maximum atomic E-state index is 9.36. The van der Waals surface area contributed by atoms with Gasteiger partial charge in [0.2, 0.25) is 0 Å². The van der Waals surface area contributed by atoms with Crippen molar-refractivity contribution in [3.63, 3.8) is 0 Å². The Morgan fingerprint density at radius 1 is 1.56 bits per heavy atom. The molecule has 0 rings (SSSR count). The molecule has 0 aliphatic heterocycles. The van der Waals surface area contributed by atoms with Gasteiger partial charge in [0.1, 0.15) is 0 Å². The lowest BCUT2D eigenvalue weighted by Crippen LogP contribution is -1.80. The molecule has 0 spiro atoms. The molecule has 9 heavy (non-hydrogen) atoms. The Labute approximate surface area is 57.2 Å². The lowest BCUT2D eigenvalue weighted by atomic mass is 10.9. The average Bonchev–Trinajstić information content (AvgIpc) is 1.89. The molecule has 0 aliphatic rings. The van der Waals surface area contributed by atoms with Gasteiger partial charge in [-0.1, -0.05) is 0 Å². The summed E-state index contributed by atoms with van der Waals surface area (Å²) in [6.45, 7) is 0. The summed E-state index contributed by atoms with van der Waals surface area (Å²) in [6, 6.07) is 2.47. The number of hydrogen-bond donors (Lipinski definition) is 0. The molecule has 0 aromatic heterocycles. The summed E-state index contributed by atoms with van der Waals surface area (Å²) >= 11 is 4.60. The Hall–Kier alpha value is -1.26. The third kappa shape index (κ3) is 50.0. The highest BCUT2D eigenvalue weighted by atomic mass is 35.5. The third-order valence-corrected chi connectivity index (χ3v) is 0.365. The molecule has 0 saturated carbocycles. The van der Waals surface area contributed by atoms with Crippen LogP contribution in [0.25, 0.3) is 0 Å². The van der Waals surface area contributed by atoms with Crippen LogP contribution in [0.2, 0.25) is 0 Å². The molecule has 0 aliphatic carbocycles. The molecule has 0 bridgehead atoms. The Morgan fingerprint density at radius 2 is 1.78 bits per heavy atom. The second-order valence-electron chi connectivity index (χ2n) is 0.665. The van der Waals surface area contributed by atoms with Gasteiger partial charge >= 0.3 is 5.43 Å². The summed E-state index contributed by atoms with van der Waals surface area (Å²) in [5.41, 5.74) is -0.773. The van der Waals surface area contributed by atoms with Gasteiger partial charge in [0.05, 0.1) is 7.11 Å². The number of nitrogens with zero attached hydrogens (tertiary/aromatic N) is 2. The summed E-state index contributed by atoms with van der Waals surface area (Å²) in [7, 11) is 1.22. The number of nitriles is 2. The van der Waals surface area contributed by atoms with Crippen LogP contribution in [0.4, 0.5) is 4.79 Å². The first kappa shape index (κ1) is 10.7. The fourth-order valence-corrected chi connectivity index (χ4v) is 0. The standard InChI is InChI=1S/C2H3ClO2.C2N2/c1-5-2(3)4;3-1-2-4/h1H3;. The Bertz CT molecular complexity index is 143. The summed E-state index contributed by atoms with van der Waals surface area (Å²) in [6.07, 6.45) is 0.